The van der Waals surface area contributed by atoms with Crippen molar-refractivity contribution in [2.24, 2.45) is 0 Å². The van der Waals surface area contributed by atoms with Gasteiger partial charge in [0.25, 0.3) is 0 Å². The number of furan rings is 1. The molecule has 0 N–H and O–H groups in total. The molecule has 114 valence electrons. The molecule has 2 heteroatoms. The van der Waals surface area contributed by atoms with Crippen LogP contribution in [0.25, 0.3) is 5.57 Å². The predicted molar refractivity (Wildman–Crippen MR) is 91.0 cm³/mol. The van der Waals surface area contributed by atoms with Crippen molar-refractivity contribution in [3.8, 4) is 0 Å². The van der Waals surface area contributed by atoms with Crippen molar-refractivity contribution in [1.29, 1.82) is 0 Å². The first kappa shape index (κ1) is 14.0. The summed E-state index contributed by atoms with van der Waals surface area (Å²) in [4.78, 5) is 0. The molecule has 1 unspecified atom stereocenters. The Balaban J connectivity index is 1.87. The molecular formula is C21H18O2. The van der Waals surface area contributed by atoms with Gasteiger partial charge in [-0.2, -0.15) is 0 Å². The zero-order valence-electron chi connectivity index (χ0n) is 13.0. The van der Waals surface area contributed by atoms with Crippen LogP contribution in [0.4, 0.5) is 0 Å². The van der Waals surface area contributed by atoms with Crippen LogP contribution in [0.5, 0.6) is 0 Å². The van der Waals surface area contributed by atoms with E-state index in [1.807, 2.05) is 43.3 Å². The molecule has 0 saturated carbocycles. The zero-order valence-corrected chi connectivity index (χ0v) is 13.0. The SMILES string of the molecule is Cc1ccc(C2(c3ccccc3)C=C(c3ccccc3)CO2)o1. The average Bonchev–Trinajstić information content (AvgIpc) is 3.24. The monoisotopic (exact) mass is 302 g/mol. The fourth-order valence-corrected chi connectivity index (χ4v) is 3.11. The van der Waals surface area contributed by atoms with Crippen LogP contribution < -0.4 is 0 Å². The molecule has 0 saturated heterocycles. The van der Waals surface area contributed by atoms with Gasteiger partial charge in [-0.1, -0.05) is 60.7 Å². The van der Waals surface area contributed by atoms with Crippen LogP contribution in [0.3, 0.4) is 0 Å². The van der Waals surface area contributed by atoms with Crippen LogP contribution in [0.2, 0.25) is 0 Å². The summed E-state index contributed by atoms with van der Waals surface area (Å²) in [7, 11) is 0. The number of rotatable bonds is 3. The van der Waals surface area contributed by atoms with E-state index in [9.17, 15) is 0 Å². The summed E-state index contributed by atoms with van der Waals surface area (Å²) in [5, 5.41) is 0. The lowest BCUT2D eigenvalue weighted by atomic mass is 9.89. The molecule has 3 aromatic rings. The Hall–Kier alpha value is -2.58. The van der Waals surface area contributed by atoms with Gasteiger partial charge in [-0.3, -0.25) is 0 Å². The smallest absolute Gasteiger partial charge is 0.170 e. The van der Waals surface area contributed by atoms with Gasteiger partial charge in [-0.15, -0.1) is 0 Å². The highest BCUT2D eigenvalue weighted by atomic mass is 16.5. The van der Waals surface area contributed by atoms with Crippen molar-refractivity contribution < 1.29 is 9.15 Å². The van der Waals surface area contributed by atoms with Gasteiger partial charge in [-0.05, 0) is 41.8 Å². The molecule has 0 fully saturated rings. The number of benzene rings is 2. The van der Waals surface area contributed by atoms with E-state index in [1.54, 1.807) is 0 Å². The van der Waals surface area contributed by atoms with E-state index in [-0.39, 0.29) is 0 Å². The first-order chi connectivity index (χ1) is 11.3. The van der Waals surface area contributed by atoms with Gasteiger partial charge in [-0.25, -0.2) is 0 Å². The van der Waals surface area contributed by atoms with Crippen LogP contribution in [0, 0.1) is 6.92 Å². The van der Waals surface area contributed by atoms with Crippen molar-refractivity contribution in [1.82, 2.24) is 0 Å². The van der Waals surface area contributed by atoms with Crippen LogP contribution in [-0.2, 0) is 10.3 Å². The van der Waals surface area contributed by atoms with E-state index in [0.717, 1.165) is 17.1 Å². The Morgan fingerprint density at radius 3 is 2.17 bits per heavy atom. The fourth-order valence-electron chi connectivity index (χ4n) is 3.11. The maximum atomic E-state index is 6.31. The Bertz CT molecular complexity index is 831. The summed E-state index contributed by atoms with van der Waals surface area (Å²) in [6.07, 6.45) is 2.19. The van der Waals surface area contributed by atoms with Gasteiger partial charge in [0.1, 0.15) is 11.5 Å². The topological polar surface area (TPSA) is 22.4 Å². The zero-order chi connectivity index (χ0) is 15.7. The lowest BCUT2D eigenvalue weighted by Crippen LogP contribution is -2.25. The molecular weight excluding hydrogens is 284 g/mol. The molecule has 1 atom stereocenters. The van der Waals surface area contributed by atoms with E-state index in [0.29, 0.717) is 6.61 Å². The standard InChI is InChI=1S/C21H18O2/c1-16-12-13-20(23-16)21(19-10-6-3-7-11-19)14-18(15-22-21)17-8-4-2-5-9-17/h2-14H,15H2,1H3. The summed E-state index contributed by atoms with van der Waals surface area (Å²) in [5.41, 5.74) is 2.80. The molecule has 0 aliphatic carbocycles. The first-order valence-electron chi connectivity index (χ1n) is 7.81. The number of hydrogen-bond acceptors (Lipinski definition) is 2. The minimum atomic E-state index is -0.652. The molecule has 0 radical (unpaired) electrons. The van der Waals surface area contributed by atoms with Gasteiger partial charge in [0.05, 0.1) is 6.61 Å². The van der Waals surface area contributed by atoms with Crippen molar-refractivity contribution in [3.63, 3.8) is 0 Å². The normalized spacial score (nSPS) is 20.5. The quantitative estimate of drug-likeness (QED) is 0.683. The highest BCUT2D eigenvalue weighted by Gasteiger charge is 2.41. The van der Waals surface area contributed by atoms with E-state index >= 15 is 0 Å². The van der Waals surface area contributed by atoms with Gasteiger partial charge in [0.2, 0.25) is 0 Å². The van der Waals surface area contributed by atoms with Gasteiger partial charge < -0.3 is 9.15 Å². The van der Waals surface area contributed by atoms with Crippen LogP contribution >= 0.6 is 0 Å². The summed E-state index contributed by atoms with van der Waals surface area (Å²) in [6.45, 7) is 2.53. The molecule has 0 bridgehead atoms. The van der Waals surface area contributed by atoms with Gasteiger partial charge in [0, 0.05) is 0 Å². The Morgan fingerprint density at radius 2 is 1.52 bits per heavy atom. The second kappa shape index (κ2) is 5.56. The van der Waals surface area contributed by atoms with Crippen molar-refractivity contribution in [3.05, 3.63) is 102 Å². The van der Waals surface area contributed by atoms with Gasteiger partial charge >= 0.3 is 0 Å². The highest BCUT2D eigenvalue weighted by molar-refractivity contribution is 5.71. The van der Waals surface area contributed by atoms with Crippen LogP contribution in [0.15, 0.2) is 83.3 Å². The third-order valence-corrected chi connectivity index (χ3v) is 4.29. The average molecular weight is 302 g/mol. The van der Waals surface area contributed by atoms with Crippen LogP contribution in [-0.4, -0.2) is 6.61 Å². The molecule has 1 aromatic heterocycles. The molecule has 2 nitrogen and oxygen atoms in total. The summed E-state index contributed by atoms with van der Waals surface area (Å²) >= 11 is 0. The van der Waals surface area contributed by atoms with E-state index in [4.69, 9.17) is 9.15 Å². The Labute approximate surface area is 136 Å². The number of ether oxygens (including phenoxy) is 1. The third kappa shape index (κ3) is 2.41. The number of hydrogen-bond donors (Lipinski definition) is 0. The van der Waals surface area contributed by atoms with E-state index < -0.39 is 5.60 Å². The molecule has 2 heterocycles. The van der Waals surface area contributed by atoms with Gasteiger partial charge in [0.15, 0.2) is 5.60 Å². The van der Waals surface area contributed by atoms with E-state index in [1.165, 1.54) is 11.1 Å². The first-order valence-corrected chi connectivity index (χ1v) is 7.81. The lowest BCUT2D eigenvalue weighted by molar-refractivity contribution is 0.0401. The largest absolute Gasteiger partial charge is 0.463 e. The Morgan fingerprint density at radius 1 is 0.826 bits per heavy atom. The minimum Gasteiger partial charge on any atom is -0.463 e. The van der Waals surface area contributed by atoms with Crippen LogP contribution in [0.1, 0.15) is 22.6 Å². The number of aryl methyl sites for hydroxylation is 1. The van der Waals surface area contributed by atoms with Crippen molar-refractivity contribution in [2.45, 2.75) is 12.5 Å². The summed E-state index contributed by atoms with van der Waals surface area (Å²) in [6, 6.07) is 24.6. The summed E-state index contributed by atoms with van der Waals surface area (Å²) < 4.78 is 12.2. The third-order valence-electron chi connectivity index (χ3n) is 4.29. The molecule has 1 aliphatic rings. The fraction of sp³-hybridized carbons (Fsp3) is 0.143. The molecule has 0 amide bonds. The predicted octanol–water partition coefficient (Wildman–Crippen LogP) is 4.95. The maximum Gasteiger partial charge on any atom is 0.170 e. The second-order valence-corrected chi connectivity index (χ2v) is 5.84. The lowest BCUT2D eigenvalue weighted by Gasteiger charge is -2.25. The maximum absolute atomic E-state index is 6.31. The second-order valence-electron chi connectivity index (χ2n) is 5.84. The highest BCUT2D eigenvalue weighted by Crippen LogP contribution is 2.43. The molecule has 23 heavy (non-hydrogen) atoms. The molecule has 0 spiro atoms. The summed E-state index contributed by atoms with van der Waals surface area (Å²) in [5.74, 6) is 1.72. The minimum absolute atomic E-state index is 0.568. The molecule has 2 aromatic carbocycles. The van der Waals surface area contributed by atoms with Crippen molar-refractivity contribution in [2.75, 3.05) is 6.61 Å². The molecule has 4 rings (SSSR count). The van der Waals surface area contributed by atoms with Crippen molar-refractivity contribution >= 4 is 5.57 Å². The Kier molecular flexibility index (Phi) is 3.40. The molecule has 1 aliphatic heterocycles. The van der Waals surface area contributed by atoms with E-state index in [2.05, 4.69) is 42.5 Å².